The number of ether oxygens (including phenoxy) is 2. The Balaban J connectivity index is 1.47. The van der Waals surface area contributed by atoms with Crippen molar-refractivity contribution in [3.05, 3.63) is 106 Å². The first-order chi connectivity index (χ1) is 17.5. The highest BCUT2D eigenvalue weighted by molar-refractivity contribution is 6.11. The highest BCUT2D eigenvalue weighted by Crippen LogP contribution is 2.32. The van der Waals surface area contributed by atoms with Gasteiger partial charge in [0.1, 0.15) is 5.69 Å². The summed E-state index contributed by atoms with van der Waals surface area (Å²) < 4.78 is 11.0. The molecule has 182 valence electrons. The molecule has 3 aromatic carbocycles. The molecule has 1 aromatic heterocycles. The molecule has 1 aliphatic heterocycles. The van der Waals surface area contributed by atoms with Gasteiger partial charge in [-0.3, -0.25) is 14.9 Å². The molecule has 9 heteroatoms. The number of aromatic nitrogens is 1. The van der Waals surface area contributed by atoms with Gasteiger partial charge in [0.15, 0.2) is 6.10 Å². The van der Waals surface area contributed by atoms with Crippen molar-refractivity contribution in [2.24, 2.45) is 0 Å². The number of Topliss-reactive ketones (excluding diaryl/α,β-unsaturated/α-hetero) is 1. The number of ketones is 1. The van der Waals surface area contributed by atoms with Gasteiger partial charge in [-0.2, -0.15) is 0 Å². The van der Waals surface area contributed by atoms with Crippen LogP contribution in [-0.2, 0) is 9.47 Å². The molecule has 0 aliphatic carbocycles. The van der Waals surface area contributed by atoms with E-state index in [1.165, 1.54) is 12.1 Å². The Morgan fingerprint density at radius 1 is 1.00 bits per heavy atom. The van der Waals surface area contributed by atoms with Gasteiger partial charge in [0, 0.05) is 47.4 Å². The van der Waals surface area contributed by atoms with Gasteiger partial charge in [-0.1, -0.05) is 48.5 Å². The number of nitrogens with zero attached hydrogens (tertiary/aromatic N) is 2. The van der Waals surface area contributed by atoms with Crippen LogP contribution in [0.15, 0.2) is 79.0 Å². The lowest BCUT2D eigenvalue weighted by molar-refractivity contribution is -0.384. The Morgan fingerprint density at radius 2 is 1.72 bits per heavy atom. The Labute approximate surface area is 206 Å². The number of esters is 1. The van der Waals surface area contributed by atoms with Crippen LogP contribution < -0.4 is 4.90 Å². The number of carbonyl (C=O) groups excluding carboxylic acids is 2. The number of H-pyrrole nitrogens is 1. The molecule has 1 saturated heterocycles. The molecule has 36 heavy (non-hydrogen) atoms. The molecule has 1 atom stereocenters. The van der Waals surface area contributed by atoms with E-state index < -0.39 is 22.8 Å². The van der Waals surface area contributed by atoms with Gasteiger partial charge < -0.3 is 19.4 Å². The lowest BCUT2D eigenvalue weighted by atomic mass is 9.99. The number of nitro groups is 1. The smallest absolute Gasteiger partial charge is 0.339 e. The van der Waals surface area contributed by atoms with Crippen LogP contribution in [0.4, 0.5) is 11.4 Å². The van der Waals surface area contributed by atoms with Crippen molar-refractivity contribution in [3.8, 4) is 0 Å². The van der Waals surface area contributed by atoms with Crippen molar-refractivity contribution in [2.45, 2.75) is 6.10 Å². The summed E-state index contributed by atoms with van der Waals surface area (Å²) in [5.41, 5.74) is 1.88. The van der Waals surface area contributed by atoms with Gasteiger partial charge in [-0.05, 0) is 18.2 Å². The summed E-state index contributed by atoms with van der Waals surface area (Å²) in [6.07, 6.45) is 0.370. The van der Waals surface area contributed by atoms with Crippen molar-refractivity contribution in [3.63, 3.8) is 0 Å². The molecule has 0 radical (unpaired) electrons. The average Bonchev–Trinajstić information content (AvgIpc) is 3.36. The maximum atomic E-state index is 13.6. The molecule has 1 aliphatic rings. The summed E-state index contributed by atoms with van der Waals surface area (Å²) in [6, 6.07) is 20.3. The quantitative estimate of drug-likeness (QED) is 0.175. The van der Waals surface area contributed by atoms with Crippen LogP contribution >= 0.6 is 0 Å². The van der Waals surface area contributed by atoms with E-state index in [1.54, 1.807) is 42.6 Å². The summed E-state index contributed by atoms with van der Waals surface area (Å²) in [7, 11) is 0. The first kappa shape index (κ1) is 23.3. The lowest BCUT2D eigenvalue weighted by Gasteiger charge is -2.28. The number of fused-ring (bicyclic) bond motifs is 1. The second kappa shape index (κ2) is 10.0. The largest absolute Gasteiger partial charge is 0.445 e. The maximum absolute atomic E-state index is 13.6. The van der Waals surface area contributed by atoms with Crippen molar-refractivity contribution < 1.29 is 24.0 Å². The fourth-order valence-corrected chi connectivity index (χ4v) is 4.36. The first-order valence-electron chi connectivity index (χ1n) is 11.5. The monoisotopic (exact) mass is 485 g/mol. The fourth-order valence-electron chi connectivity index (χ4n) is 4.36. The van der Waals surface area contributed by atoms with E-state index in [1.807, 2.05) is 29.2 Å². The number of hydrogen-bond donors (Lipinski definition) is 1. The normalized spacial score (nSPS) is 14.4. The van der Waals surface area contributed by atoms with Crippen LogP contribution in [0.25, 0.3) is 10.9 Å². The van der Waals surface area contributed by atoms with E-state index in [9.17, 15) is 19.7 Å². The van der Waals surface area contributed by atoms with Gasteiger partial charge >= 0.3 is 5.97 Å². The number of hydrogen-bond acceptors (Lipinski definition) is 7. The predicted molar refractivity (Wildman–Crippen MR) is 133 cm³/mol. The highest BCUT2D eigenvalue weighted by Gasteiger charge is 2.30. The van der Waals surface area contributed by atoms with E-state index in [0.29, 0.717) is 48.5 Å². The molecular weight excluding hydrogens is 462 g/mol. The standard InChI is InChI=1S/C27H23N3O6/c31-25(21-17-28-22-9-5-4-8-20(21)22)26(18-6-2-1-3-7-18)36-27(32)19-10-11-23(24(16-19)30(33)34)29-12-14-35-15-13-29/h1-11,16-17,26,28H,12-15H2/t26-/m1/s1. The van der Waals surface area contributed by atoms with Gasteiger partial charge in [-0.25, -0.2) is 4.79 Å². The molecule has 1 N–H and O–H groups in total. The summed E-state index contributed by atoms with van der Waals surface area (Å²) >= 11 is 0. The van der Waals surface area contributed by atoms with E-state index >= 15 is 0 Å². The predicted octanol–water partition coefficient (Wildman–Crippen LogP) is 4.69. The number of nitrogens with one attached hydrogen (secondary N) is 1. The molecule has 0 saturated carbocycles. The molecule has 0 amide bonds. The zero-order valence-electron chi connectivity index (χ0n) is 19.3. The van der Waals surface area contributed by atoms with Crippen LogP contribution in [0.5, 0.6) is 0 Å². The third kappa shape index (κ3) is 4.56. The molecule has 9 nitrogen and oxygen atoms in total. The molecule has 2 heterocycles. The minimum atomic E-state index is -1.23. The number of carbonyl (C=O) groups is 2. The average molecular weight is 485 g/mol. The molecule has 5 rings (SSSR count). The summed E-state index contributed by atoms with van der Waals surface area (Å²) in [6.45, 7) is 1.96. The van der Waals surface area contributed by atoms with Crippen LogP contribution in [-0.4, -0.2) is 48.0 Å². The Morgan fingerprint density at radius 3 is 2.47 bits per heavy atom. The van der Waals surface area contributed by atoms with E-state index in [4.69, 9.17) is 9.47 Å². The molecular formula is C27H23N3O6. The fraction of sp³-hybridized carbons (Fsp3) is 0.185. The Bertz CT molecular complexity index is 1430. The van der Waals surface area contributed by atoms with Crippen molar-refractivity contribution in [1.29, 1.82) is 0 Å². The second-order valence-electron chi connectivity index (χ2n) is 8.37. The van der Waals surface area contributed by atoms with Crippen LogP contribution in [0, 0.1) is 10.1 Å². The number of morpholine rings is 1. The minimum absolute atomic E-state index is 0.00799. The lowest BCUT2D eigenvalue weighted by Crippen LogP contribution is -2.36. The van der Waals surface area contributed by atoms with Crippen molar-refractivity contribution in [1.82, 2.24) is 4.98 Å². The van der Waals surface area contributed by atoms with Gasteiger partial charge in [0.25, 0.3) is 5.69 Å². The number of para-hydroxylation sites is 1. The first-order valence-corrected chi connectivity index (χ1v) is 11.5. The van der Waals surface area contributed by atoms with Crippen LogP contribution in [0.1, 0.15) is 32.4 Å². The topological polar surface area (TPSA) is 115 Å². The van der Waals surface area contributed by atoms with Gasteiger partial charge in [-0.15, -0.1) is 0 Å². The van der Waals surface area contributed by atoms with Crippen molar-refractivity contribution >= 4 is 34.0 Å². The zero-order chi connectivity index (χ0) is 25.1. The number of aromatic amines is 1. The summed E-state index contributed by atoms with van der Waals surface area (Å²) in [5.74, 6) is -1.22. The number of benzene rings is 3. The van der Waals surface area contributed by atoms with Crippen molar-refractivity contribution in [2.75, 3.05) is 31.2 Å². The van der Waals surface area contributed by atoms with Gasteiger partial charge in [0.05, 0.1) is 23.7 Å². The summed E-state index contributed by atoms with van der Waals surface area (Å²) in [5, 5.41) is 12.5. The minimum Gasteiger partial charge on any atom is -0.445 e. The van der Waals surface area contributed by atoms with Gasteiger partial charge in [0.2, 0.25) is 5.78 Å². The Kier molecular flexibility index (Phi) is 6.46. The number of rotatable bonds is 7. The molecule has 4 aromatic rings. The zero-order valence-corrected chi connectivity index (χ0v) is 19.3. The van der Waals surface area contributed by atoms with Crippen LogP contribution in [0.3, 0.4) is 0 Å². The summed E-state index contributed by atoms with van der Waals surface area (Å²) in [4.78, 5) is 43.0. The maximum Gasteiger partial charge on any atom is 0.339 e. The third-order valence-corrected chi connectivity index (χ3v) is 6.18. The molecule has 1 fully saturated rings. The molecule has 0 spiro atoms. The number of nitro benzene ring substituents is 1. The van der Waals surface area contributed by atoms with E-state index in [2.05, 4.69) is 4.98 Å². The Hall–Kier alpha value is -4.50. The highest BCUT2D eigenvalue weighted by atomic mass is 16.6. The van der Waals surface area contributed by atoms with E-state index in [-0.39, 0.29) is 11.3 Å². The SMILES string of the molecule is O=C(O[C@@H](C(=O)c1c[nH]c2ccccc12)c1ccccc1)c1ccc(N2CCOCC2)c([N+](=O)[O-])c1. The third-order valence-electron chi connectivity index (χ3n) is 6.18. The second-order valence-corrected chi connectivity index (χ2v) is 8.37. The molecule has 0 unspecified atom stereocenters. The van der Waals surface area contributed by atoms with Crippen LogP contribution in [0.2, 0.25) is 0 Å². The van der Waals surface area contributed by atoms with E-state index in [0.717, 1.165) is 5.52 Å². The molecule has 0 bridgehead atoms. The number of anilines is 1.